The van der Waals surface area contributed by atoms with Crippen LogP contribution < -0.4 is 20.4 Å². The number of benzene rings is 5. The van der Waals surface area contributed by atoms with Crippen molar-refractivity contribution in [2.75, 3.05) is 22.8 Å². The standard InChI is InChI=1S/C47H38ClFN4O6/c1-59-41-25-27(8-24-40(41)54)7-23-38-35-21-22-36-42(45(57)52(43(36)55)34-19-17-32(18-20-34)50-31-5-3-2-4-6-31)37(35)26-39-44(56)53(51-33-15-13-30(49)14-16-33)46(58)47(38,39)28-9-11-29(48)12-10-28/h2-21,23-25,36-39,42,50-51,54H,22,26H2,1H3. The van der Waals surface area contributed by atoms with Gasteiger partial charge in [-0.2, -0.15) is 5.01 Å². The third-order valence-corrected chi connectivity index (χ3v) is 12.4. The second-order valence-electron chi connectivity index (χ2n) is 15.3. The van der Waals surface area contributed by atoms with Gasteiger partial charge in [-0.3, -0.25) is 29.5 Å². The van der Waals surface area contributed by atoms with Crippen LogP contribution in [-0.2, 0) is 24.6 Å². The molecule has 59 heavy (non-hydrogen) atoms. The number of hydrogen-bond donors (Lipinski definition) is 3. The zero-order valence-electron chi connectivity index (χ0n) is 31.7. The normalized spacial score (nSPS) is 24.8. The summed E-state index contributed by atoms with van der Waals surface area (Å²) in [6.45, 7) is 0. The van der Waals surface area contributed by atoms with E-state index >= 15 is 4.79 Å². The number of anilines is 4. The van der Waals surface area contributed by atoms with Crippen molar-refractivity contribution in [3.8, 4) is 11.5 Å². The Labute approximate surface area is 344 Å². The van der Waals surface area contributed by atoms with Gasteiger partial charge in [-0.1, -0.05) is 71.8 Å². The van der Waals surface area contributed by atoms with Gasteiger partial charge in [0.05, 0.1) is 41.7 Å². The molecule has 3 fully saturated rings. The molecule has 3 N–H and O–H groups in total. The Bertz CT molecular complexity index is 2550. The second kappa shape index (κ2) is 14.9. The van der Waals surface area contributed by atoms with Crippen LogP contribution in [0.15, 0.2) is 139 Å². The van der Waals surface area contributed by atoms with Gasteiger partial charge in [0, 0.05) is 22.3 Å². The summed E-state index contributed by atoms with van der Waals surface area (Å²) < 4.78 is 19.3. The van der Waals surface area contributed by atoms with Gasteiger partial charge < -0.3 is 15.2 Å². The van der Waals surface area contributed by atoms with E-state index in [1.807, 2.05) is 60.7 Å². The molecule has 0 spiro atoms. The molecule has 2 aliphatic carbocycles. The number of aromatic hydroxyl groups is 1. The Morgan fingerprint density at radius 3 is 2.22 bits per heavy atom. The largest absolute Gasteiger partial charge is 0.504 e. The number of allylic oxidation sites excluding steroid dienone is 3. The molecule has 12 heteroatoms. The van der Waals surface area contributed by atoms with Crippen molar-refractivity contribution in [2.45, 2.75) is 18.3 Å². The quantitative estimate of drug-likeness (QED) is 0.0998. The van der Waals surface area contributed by atoms with Crippen molar-refractivity contribution >= 4 is 64.1 Å². The number of ether oxygens (including phenoxy) is 1. The maximum absolute atomic E-state index is 15.3. The van der Waals surface area contributed by atoms with Crippen molar-refractivity contribution in [3.05, 3.63) is 161 Å². The van der Waals surface area contributed by atoms with E-state index in [0.29, 0.717) is 27.5 Å². The minimum absolute atomic E-state index is 0.0451. The number of fused-ring (bicyclic) bond motifs is 4. The number of carbonyl (C=O) groups is 4. The Kier molecular flexibility index (Phi) is 9.55. The molecule has 1 saturated carbocycles. The Morgan fingerprint density at radius 2 is 1.51 bits per heavy atom. The number of nitrogens with one attached hydrogen (secondary N) is 2. The van der Waals surface area contributed by atoms with Crippen molar-refractivity contribution in [1.82, 2.24) is 5.01 Å². The highest BCUT2D eigenvalue weighted by Crippen LogP contribution is 2.61. The molecular formula is C47H38ClFN4O6. The second-order valence-corrected chi connectivity index (χ2v) is 15.7. The van der Waals surface area contributed by atoms with E-state index in [1.54, 1.807) is 48.5 Å². The molecule has 9 rings (SSSR count). The number of hydrogen-bond acceptors (Lipinski definition) is 8. The van der Waals surface area contributed by atoms with Crippen molar-refractivity contribution in [1.29, 1.82) is 0 Å². The molecular weight excluding hydrogens is 771 g/mol. The average Bonchev–Trinajstić information content (AvgIpc) is 3.63. The molecule has 10 nitrogen and oxygen atoms in total. The molecule has 6 unspecified atom stereocenters. The number of nitrogens with zero attached hydrogens (tertiary/aromatic N) is 2. The molecule has 2 aliphatic heterocycles. The lowest BCUT2D eigenvalue weighted by Gasteiger charge is -2.49. The highest BCUT2D eigenvalue weighted by atomic mass is 35.5. The van der Waals surface area contributed by atoms with Crippen LogP contribution in [0.1, 0.15) is 24.0 Å². The van der Waals surface area contributed by atoms with Crippen LogP contribution in [0.5, 0.6) is 11.5 Å². The van der Waals surface area contributed by atoms with Crippen LogP contribution in [0.4, 0.5) is 27.1 Å². The third kappa shape index (κ3) is 6.33. The first-order chi connectivity index (χ1) is 28.6. The van der Waals surface area contributed by atoms with Gasteiger partial charge in [0.15, 0.2) is 11.5 Å². The third-order valence-electron chi connectivity index (χ3n) is 12.2. The van der Waals surface area contributed by atoms with Crippen LogP contribution in [0.2, 0.25) is 5.02 Å². The first-order valence-corrected chi connectivity index (χ1v) is 19.7. The summed E-state index contributed by atoms with van der Waals surface area (Å²) in [6.07, 6.45) is 6.01. The Balaban J connectivity index is 1.14. The first-order valence-electron chi connectivity index (χ1n) is 19.3. The van der Waals surface area contributed by atoms with E-state index in [-0.39, 0.29) is 36.2 Å². The van der Waals surface area contributed by atoms with Crippen molar-refractivity contribution < 1.29 is 33.4 Å². The number of halogens is 2. The lowest BCUT2D eigenvalue weighted by Crippen LogP contribution is -2.54. The van der Waals surface area contributed by atoms with E-state index < -0.39 is 52.6 Å². The molecule has 0 bridgehead atoms. The number of methoxy groups -OCH3 is 1. The molecule has 6 atom stereocenters. The predicted molar refractivity (Wildman–Crippen MR) is 222 cm³/mol. The van der Waals surface area contributed by atoms with Crippen LogP contribution in [-0.4, -0.2) is 40.9 Å². The summed E-state index contributed by atoms with van der Waals surface area (Å²) in [5.74, 6) is -5.82. The number of phenols is 1. The van der Waals surface area contributed by atoms with Crippen LogP contribution in [0.25, 0.3) is 6.08 Å². The molecule has 0 radical (unpaired) electrons. The summed E-state index contributed by atoms with van der Waals surface area (Å²) >= 11 is 6.39. The SMILES string of the molecule is COc1cc(C=CC2C3=CCC4C(=O)N(c5ccc(Nc6ccccc6)cc5)C(=O)C4C3CC3C(=O)N(Nc4ccc(F)cc4)C(=O)C23c2ccc(Cl)cc2)ccc1O. The molecule has 2 heterocycles. The maximum Gasteiger partial charge on any atom is 0.260 e. The monoisotopic (exact) mass is 808 g/mol. The molecule has 4 amide bonds. The molecule has 4 aliphatic rings. The van der Waals surface area contributed by atoms with Crippen LogP contribution in [0.3, 0.4) is 0 Å². The van der Waals surface area contributed by atoms with Gasteiger partial charge in [0.1, 0.15) is 5.82 Å². The minimum atomic E-state index is -1.52. The lowest BCUT2D eigenvalue weighted by molar-refractivity contribution is -0.139. The van der Waals surface area contributed by atoms with E-state index in [4.69, 9.17) is 16.3 Å². The molecule has 5 aromatic carbocycles. The van der Waals surface area contributed by atoms with E-state index in [0.717, 1.165) is 22.0 Å². The summed E-state index contributed by atoms with van der Waals surface area (Å²) in [5.41, 5.74) is 5.87. The van der Waals surface area contributed by atoms with Gasteiger partial charge in [0.2, 0.25) is 11.8 Å². The molecule has 296 valence electrons. The topological polar surface area (TPSA) is 128 Å². The average molecular weight is 809 g/mol. The van der Waals surface area contributed by atoms with Gasteiger partial charge in [0.25, 0.3) is 11.8 Å². The van der Waals surface area contributed by atoms with Crippen molar-refractivity contribution in [2.24, 2.45) is 29.6 Å². The van der Waals surface area contributed by atoms with Gasteiger partial charge >= 0.3 is 0 Å². The fourth-order valence-corrected chi connectivity index (χ4v) is 9.67. The van der Waals surface area contributed by atoms with Crippen molar-refractivity contribution in [3.63, 3.8) is 0 Å². The Morgan fingerprint density at radius 1 is 0.814 bits per heavy atom. The molecule has 5 aromatic rings. The zero-order chi connectivity index (χ0) is 41.0. The van der Waals surface area contributed by atoms with Gasteiger partial charge in [-0.25, -0.2) is 4.39 Å². The summed E-state index contributed by atoms with van der Waals surface area (Å²) in [6, 6.07) is 33.8. The summed E-state index contributed by atoms with van der Waals surface area (Å²) in [7, 11) is 1.45. The number of imide groups is 2. The summed E-state index contributed by atoms with van der Waals surface area (Å²) in [5, 5.41) is 15.1. The highest BCUT2D eigenvalue weighted by molar-refractivity contribution is 6.30. The fourth-order valence-electron chi connectivity index (χ4n) is 9.54. The van der Waals surface area contributed by atoms with E-state index in [1.165, 1.54) is 42.3 Å². The fraction of sp³-hybridized carbons (Fsp3) is 0.191. The highest BCUT2D eigenvalue weighted by Gasteiger charge is 2.69. The van der Waals surface area contributed by atoms with Gasteiger partial charge in [-0.15, -0.1) is 0 Å². The summed E-state index contributed by atoms with van der Waals surface area (Å²) in [4.78, 5) is 60.4. The number of hydrazine groups is 1. The molecule has 0 aromatic heterocycles. The van der Waals surface area contributed by atoms with Crippen LogP contribution in [0, 0.1) is 35.4 Å². The number of phenolic OH excluding ortho intramolecular Hbond substituents is 1. The predicted octanol–water partition coefficient (Wildman–Crippen LogP) is 8.67. The number of carbonyl (C=O) groups excluding carboxylic acids is 4. The van der Waals surface area contributed by atoms with Crippen LogP contribution >= 0.6 is 11.6 Å². The smallest absolute Gasteiger partial charge is 0.260 e. The number of amides is 4. The van der Waals surface area contributed by atoms with Gasteiger partial charge in [-0.05, 0) is 115 Å². The zero-order valence-corrected chi connectivity index (χ0v) is 32.5. The maximum atomic E-state index is 15.3. The lowest BCUT2D eigenvalue weighted by atomic mass is 9.50. The first kappa shape index (κ1) is 37.8. The molecule has 2 saturated heterocycles. The minimum Gasteiger partial charge on any atom is -0.504 e. The van der Waals surface area contributed by atoms with E-state index in [9.17, 15) is 23.9 Å². The Hall–Kier alpha value is -6.72. The number of rotatable bonds is 9. The van der Waals surface area contributed by atoms with E-state index in [2.05, 4.69) is 10.7 Å². The number of para-hydroxylation sites is 1.